The van der Waals surface area contributed by atoms with Crippen LogP contribution in [0.1, 0.15) is 48.2 Å². The molecule has 2 aromatic carbocycles. The highest BCUT2D eigenvalue weighted by atomic mass is 35.5. The smallest absolute Gasteiger partial charge is 0.255 e. The molecule has 3 aromatic rings. The molecule has 1 aromatic heterocycles. The number of hydrogen-bond acceptors (Lipinski definition) is 3. The summed E-state index contributed by atoms with van der Waals surface area (Å²) in [6.45, 7) is 4.26. The van der Waals surface area contributed by atoms with Crippen LogP contribution in [0.15, 0.2) is 54.6 Å². The van der Waals surface area contributed by atoms with Crippen LogP contribution in [0.25, 0.3) is 16.9 Å². The Bertz CT molecular complexity index is 1270. The van der Waals surface area contributed by atoms with Crippen LogP contribution >= 0.6 is 11.6 Å². The van der Waals surface area contributed by atoms with Crippen LogP contribution in [0.3, 0.4) is 0 Å². The number of amides is 2. The Morgan fingerprint density at radius 3 is 2.22 bits per heavy atom. The fourth-order valence-corrected chi connectivity index (χ4v) is 5.82. The summed E-state index contributed by atoms with van der Waals surface area (Å²) >= 11 is 6.16. The second kappa shape index (κ2) is 11.0. The van der Waals surface area contributed by atoms with Crippen molar-refractivity contribution in [2.75, 3.05) is 33.3 Å². The van der Waals surface area contributed by atoms with Crippen LogP contribution in [0.2, 0.25) is 5.02 Å². The van der Waals surface area contributed by atoms with Gasteiger partial charge in [-0.05, 0) is 55.7 Å². The average Bonchev–Trinajstić information content (AvgIpc) is 3.29. The van der Waals surface area contributed by atoms with E-state index in [1.807, 2.05) is 71.3 Å². The van der Waals surface area contributed by atoms with Gasteiger partial charge in [-0.25, -0.2) is 0 Å². The fraction of sp³-hybridized carbons (Fsp3) is 0.400. The Morgan fingerprint density at radius 1 is 0.892 bits per heavy atom. The summed E-state index contributed by atoms with van der Waals surface area (Å²) in [6, 6.07) is 17.4. The number of halogens is 1. The lowest BCUT2D eigenvalue weighted by atomic mass is 9.88. The number of methoxy groups -OCH3 is 1. The number of piperazine rings is 1. The number of ether oxygens (including phenoxy) is 1. The zero-order valence-electron chi connectivity index (χ0n) is 21.6. The van der Waals surface area contributed by atoms with Crippen LogP contribution in [-0.4, -0.2) is 59.5 Å². The molecular weight excluding hydrogens is 486 g/mol. The van der Waals surface area contributed by atoms with Crippen molar-refractivity contribution in [3.63, 3.8) is 0 Å². The van der Waals surface area contributed by atoms with Crippen LogP contribution in [0.4, 0.5) is 0 Å². The predicted octanol–water partition coefficient (Wildman–Crippen LogP) is 5.98. The van der Waals surface area contributed by atoms with Crippen molar-refractivity contribution in [3.05, 3.63) is 70.9 Å². The fourth-order valence-electron chi connectivity index (χ4n) is 5.69. The topological polar surface area (TPSA) is 54.8 Å². The molecule has 1 saturated heterocycles. The lowest BCUT2D eigenvalue weighted by Crippen LogP contribution is -2.52. The standard InChI is InChI=1S/C30H34ClN3O3/c1-21-25(30(36)33-18-16-32(17-19-33)29(35)23-8-4-3-5-9-23)20-27(22-12-14-24(31)15-13-22)34(21)26-10-6-7-11-28(26)37-2/h6-7,10-15,20,23H,3-5,8-9,16-19H2,1-2H3. The number of carbonyl (C=O) groups is 2. The number of aromatic nitrogens is 1. The second-order valence-electron chi connectivity index (χ2n) is 10.00. The van der Waals surface area contributed by atoms with Crippen molar-refractivity contribution in [2.24, 2.45) is 5.92 Å². The molecule has 0 bridgehead atoms. The largest absolute Gasteiger partial charge is 0.495 e. The Balaban J connectivity index is 1.42. The van der Waals surface area contributed by atoms with E-state index in [2.05, 4.69) is 4.57 Å². The van der Waals surface area contributed by atoms with Gasteiger partial charge in [0.2, 0.25) is 5.91 Å². The van der Waals surface area contributed by atoms with E-state index in [-0.39, 0.29) is 17.7 Å². The van der Waals surface area contributed by atoms with Gasteiger partial charge in [0.1, 0.15) is 5.75 Å². The molecule has 1 saturated carbocycles. The summed E-state index contributed by atoms with van der Waals surface area (Å²) in [4.78, 5) is 30.6. The lowest BCUT2D eigenvalue weighted by molar-refractivity contribution is -0.138. The van der Waals surface area contributed by atoms with Gasteiger partial charge in [0.05, 0.1) is 24.1 Å². The van der Waals surface area contributed by atoms with Gasteiger partial charge < -0.3 is 19.1 Å². The van der Waals surface area contributed by atoms with Crippen molar-refractivity contribution < 1.29 is 14.3 Å². The SMILES string of the molecule is COc1ccccc1-n1c(-c2ccc(Cl)cc2)cc(C(=O)N2CCN(C(=O)C3CCCCC3)CC2)c1C. The first kappa shape index (κ1) is 25.4. The van der Waals surface area contributed by atoms with Crippen molar-refractivity contribution in [1.29, 1.82) is 0 Å². The molecular formula is C30H34ClN3O3. The lowest BCUT2D eigenvalue weighted by Gasteiger charge is -2.37. The van der Waals surface area contributed by atoms with Crippen molar-refractivity contribution in [1.82, 2.24) is 14.4 Å². The van der Waals surface area contributed by atoms with E-state index >= 15 is 0 Å². The van der Waals surface area contributed by atoms with Crippen LogP contribution in [0.5, 0.6) is 5.75 Å². The zero-order chi connectivity index (χ0) is 25.9. The Kier molecular flexibility index (Phi) is 7.56. The van der Waals surface area contributed by atoms with E-state index in [1.165, 1.54) is 6.42 Å². The van der Waals surface area contributed by atoms with Crippen molar-refractivity contribution in [2.45, 2.75) is 39.0 Å². The van der Waals surface area contributed by atoms with E-state index in [1.54, 1.807) is 7.11 Å². The number of nitrogens with zero attached hydrogens (tertiary/aromatic N) is 3. The van der Waals surface area contributed by atoms with Crippen molar-refractivity contribution >= 4 is 23.4 Å². The molecule has 0 spiro atoms. The van der Waals surface area contributed by atoms with Gasteiger partial charge in [-0.2, -0.15) is 0 Å². The second-order valence-corrected chi connectivity index (χ2v) is 10.4. The molecule has 7 heteroatoms. The highest BCUT2D eigenvalue weighted by Gasteiger charge is 2.31. The van der Waals surface area contributed by atoms with Crippen LogP contribution in [0, 0.1) is 12.8 Å². The third-order valence-corrected chi connectivity index (χ3v) is 8.03. The maximum atomic E-state index is 13.8. The maximum absolute atomic E-state index is 13.8. The molecule has 0 N–H and O–H groups in total. The van der Waals surface area contributed by atoms with Gasteiger partial charge in [0.15, 0.2) is 0 Å². The molecule has 0 radical (unpaired) electrons. The highest BCUT2D eigenvalue weighted by molar-refractivity contribution is 6.30. The zero-order valence-corrected chi connectivity index (χ0v) is 22.3. The normalized spacial score (nSPS) is 16.6. The summed E-state index contributed by atoms with van der Waals surface area (Å²) in [6.07, 6.45) is 5.53. The van der Waals surface area contributed by atoms with E-state index in [0.717, 1.165) is 54.1 Å². The molecule has 6 nitrogen and oxygen atoms in total. The third kappa shape index (κ3) is 5.12. The minimum Gasteiger partial charge on any atom is -0.495 e. The molecule has 37 heavy (non-hydrogen) atoms. The summed E-state index contributed by atoms with van der Waals surface area (Å²) in [5, 5.41) is 0.660. The van der Waals surface area contributed by atoms with Gasteiger partial charge in [-0.15, -0.1) is 0 Å². The molecule has 2 amide bonds. The van der Waals surface area contributed by atoms with Gasteiger partial charge in [-0.1, -0.05) is 55.1 Å². The monoisotopic (exact) mass is 519 g/mol. The van der Waals surface area contributed by atoms with Gasteiger partial charge in [-0.3, -0.25) is 9.59 Å². The summed E-state index contributed by atoms with van der Waals surface area (Å²) in [5.41, 5.74) is 4.23. The quantitative estimate of drug-likeness (QED) is 0.416. The van der Waals surface area contributed by atoms with Gasteiger partial charge in [0, 0.05) is 42.8 Å². The molecule has 0 unspecified atom stereocenters. The third-order valence-electron chi connectivity index (χ3n) is 7.78. The van der Waals surface area contributed by atoms with Crippen LogP contribution < -0.4 is 4.74 Å². The summed E-state index contributed by atoms with van der Waals surface area (Å²) in [5.74, 6) is 1.15. The Labute approximate surface area is 223 Å². The minimum absolute atomic E-state index is 0.00822. The average molecular weight is 520 g/mol. The number of para-hydroxylation sites is 2. The number of rotatable bonds is 5. The molecule has 0 atom stereocenters. The predicted molar refractivity (Wildman–Crippen MR) is 147 cm³/mol. The number of hydrogen-bond donors (Lipinski definition) is 0. The highest BCUT2D eigenvalue weighted by Crippen LogP contribution is 2.35. The molecule has 1 aliphatic heterocycles. The first-order chi connectivity index (χ1) is 18.0. The molecule has 194 valence electrons. The van der Waals surface area contributed by atoms with Gasteiger partial charge in [0.25, 0.3) is 5.91 Å². The van der Waals surface area contributed by atoms with E-state index in [9.17, 15) is 9.59 Å². The summed E-state index contributed by atoms with van der Waals surface area (Å²) < 4.78 is 7.74. The molecule has 5 rings (SSSR count). The van der Waals surface area contributed by atoms with E-state index in [4.69, 9.17) is 16.3 Å². The maximum Gasteiger partial charge on any atom is 0.255 e. The molecule has 2 aliphatic rings. The Morgan fingerprint density at radius 2 is 1.54 bits per heavy atom. The molecule has 2 fully saturated rings. The number of carbonyl (C=O) groups excluding carboxylic acids is 2. The first-order valence-corrected chi connectivity index (χ1v) is 13.6. The Hall–Kier alpha value is -3.25. The van der Waals surface area contributed by atoms with E-state index in [0.29, 0.717) is 36.8 Å². The van der Waals surface area contributed by atoms with E-state index < -0.39 is 0 Å². The van der Waals surface area contributed by atoms with Crippen molar-refractivity contribution in [3.8, 4) is 22.7 Å². The number of benzene rings is 2. The van der Waals surface area contributed by atoms with Crippen LogP contribution in [-0.2, 0) is 4.79 Å². The first-order valence-electron chi connectivity index (χ1n) is 13.2. The summed E-state index contributed by atoms with van der Waals surface area (Å²) in [7, 11) is 1.65. The van der Waals surface area contributed by atoms with Gasteiger partial charge >= 0.3 is 0 Å². The molecule has 2 heterocycles. The minimum atomic E-state index is -0.00822. The molecule has 1 aliphatic carbocycles.